The van der Waals surface area contributed by atoms with Crippen LogP contribution in [0.25, 0.3) is 0 Å². The molecule has 1 atom stereocenters. The molecule has 1 aliphatic heterocycles. The van der Waals surface area contributed by atoms with Crippen LogP contribution in [0.2, 0.25) is 0 Å². The maximum atomic E-state index is 11.5. The van der Waals surface area contributed by atoms with E-state index in [2.05, 4.69) is 0 Å². The number of morpholine rings is 1. The van der Waals surface area contributed by atoms with Gasteiger partial charge in [-0.25, -0.2) is 0 Å². The number of aliphatic hydroxyl groups is 1. The van der Waals surface area contributed by atoms with E-state index in [0.717, 1.165) is 0 Å². The Bertz CT molecular complexity index is 236. The third-order valence-electron chi connectivity index (χ3n) is 2.51. The van der Waals surface area contributed by atoms with E-state index in [0.29, 0.717) is 6.42 Å². The molecule has 0 radical (unpaired) electrons. The number of amides is 2. The molecule has 1 unspecified atom stereocenters. The van der Waals surface area contributed by atoms with Crippen LogP contribution < -0.4 is 0 Å². The first-order valence-electron chi connectivity index (χ1n) is 5.11. The second-order valence-electron chi connectivity index (χ2n) is 3.97. The van der Waals surface area contributed by atoms with Crippen molar-refractivity contribution in [3.05, 3.63) is 0 Å². The van der Waals surface area contributed by atoms with Crippen molar-refractivity contribution in [2.45, 2.75) is 26.3 Å². The lowest BCUT2D eigenvalue weighted by atomic mass is 9.99. The van der Waals surface area contributed by atoms with E-state index in [1.807, 2.05) is 13.8 Å². The molecule has 86 valence electrons. The SMILES string of the molecule is CC(C)C(CCO)N1C(=O)COCC1=O. The fourth-order valence-electron chi connectivity index (χ4n) is 1.77. The number of rotatable bonds is 4. The summed E-state index contributed by atoms with van der Waals surface area (Å²) < 4.78 is 4.83. The van der Waals surface area contributed by atoms with E-state index in [1.54, 1.807) is 0 Å². The summed E-state index contributed by atoms with van der Waals surface area (Å²) in [7, 11) is 0. The van der Waals surface area contributed by atoms with Gasteiger partial charge in [0.15, 0.2) is 0 Å². The van der Waals surface area contributed by atoms with Gasteiger partial charge in [-0.1, -0.05) is 13.8 Å². The van der Waals surface area contributed by atoms with Gasteiger partial charge in [0, 0.05) is 12.6 Å². The van der Waals surface area contributed by atoms with Crippen LogP contribution in [-0.4, -0.2) is 47.7 Å². The van der Waals surface area contributed by atoms with Crippen molar-refractivity contribution >= 4 is 11.8 Å². The van der Waals surface area contributed by atoms with Crippen molar-refractivity contribution in [2.24, 2.45) is 5.92 Å². The molecule has 1 rings (SSSR count). The number of ether oxygens (including phenoxy) is 1. The molecule has 1 aliphatic rings. The highest BCUT2D eigenvalue weighted by Gasteiger charge is 2.34. The molecule has 5 nitrogen and oxygen atoms in total. The molecule has 0 spiro atoms. The zero-order valence-electron chi connectivity index (χ0n) is 9.10. The predicted octanol–water partition coefficient (Wildman–Crippen LogP) is -0.221. The zero-order chi connectivity index (χ0) is 11.4. The summed E-state index contributed by atoms with van der Waals surface area (Å²) in [5.74, 6) is -0.472. The van der Waals surface area contributed by atoms with Gasteiger partial charge in [-0.15, -0.1) is 0 Å². The number of nitrogens with zero attached hydrogens (tertiary/aromatic N) is 1. The van der Waals surface area contributed by atoms with E-state index >= 15 is 0 Å². The Kier molecular flexibility index (Phi) is 4.23. The summed E-state index contributed by atoms with van der Waals surface area (Å²) in [6.07, 6.45) is 0.426. The Morgan fingerprint density at radius 1 is 1.33 bits per heavy atom. The zero-order valence-corrected chi connectivity index (χ0v) is 9.10. The molecule has 0 aromatic carbocycles. The summed E-state index contributed by atoms with van der Waals surface area (Å²) in [6, 6.07) is -0.223. The standard InChI is InChI=1S/C10H17NO4/c1-7(2)8(3-4-12)11-9(13)5-15-6-10(11)14/h7-8,12H,3-6H2,1-2H3. The van der Waals surface area contributed by atoms with Gasteiger partial charge in [0.1, 0.15) is 13.2 Å². The number of carbonyl (C=O) groups is 2. The maximum absolute atomic E-state index is 11.5. The minimum Gasteiger partial charge on any atom is -0.396 e. The third kappa shape index (κ3) is 2.76. The molecule has 0 aromatic heterocycles. The number of carbonyl (C=O) groups excluding carboxylic acids is 2. The number of hydrogen-bond donors (Lipinski definition) is 1. The molecule has 1 fully saturated rings. The molecule has 0 saturated carbocycles. The second kappa shape index (κ2) is 5.23. The highest BCUT2D eigenvalue weighted by Crippen LogP contribution is 2.17. The molecule has 1 heterocycles. The minimum absolute atomic E-state index is 0.0270. The average Bonchev–Trinajstić information content (AvgIpc) is 2.15. The van der Waals surface area contributed by atoms with E-state index in [9.17, 15) is 9.59 Å². The lowest BCUT2D eigenvalue weighted by molar-refractivity contribution is -0.163. The quantitative estimate of drug-likeness (QED) is 0.658. The van der Waals surface area contributed by atoms with Crippen LogP contribution in [0.5, 0.6) is 0 Å². The molecule has 2 amide bonds. The van der Waals surface area contributed by atoms with E-state index in [4.69, 9.17) is 9.84 Å². The van der Waals surface area contributed by atoms with Gasteiger partial charge in [0.05, 0.1) is 0 Å². The molecule has 0 aromatic rings. The largest absolute Gasteiger partial charge is 0.396 e. The average molecular weight is 215 g/mol. The van der Waals surface area contributed by atoms with Gasteiger partial charge in [-0.2, -0.15) is 0 Å². The van der Waals surface area contributed by atoms with Gasteiger partial charge < -0.3 is 9.84 Å². The fourth-order valence-corrected chi connectivity index (χ4v) is 1.77. The summed E-state index contributed by atoms with van der Waals surface area (Å²) in [6.45, 7) is 3.74. The Morgan fingerprint density at radius 3 is 2.27 bits per heavy atom. The van der Waals surface area contributed by atoms with Crippen LogP contribution in [0.4, 0.5) is 0 Å². The molecule has 1 saturated heterocycles. The summed E-state index contributed by atoms with van der Waals surface area (Å²) in [5.41, 5.74) is 0. The van der Waals surface area contributed by atoms with Crippen molar-refractivity contribution in [2.75, 3.05) is 19.8 Å². The Balaban J connectivity index is 2.79. The first-order chi connectivity index (χ1) is 7.07. The summed E-state index contributed by atoms with van der Waals surface area (Å²) >= 11 is 0. The van der Waals surface area contributed by atoms with Gasteiger partial charge in [-0.3, -0.25) is 14.5 Å². The van der Waals surface area contributed by atoms with Crippen LogP contribution in [0.3, 0.4) is 0 Å². The van der Waals surface area contributed by atoms with Gasteiger partial charge in [-0.05, 0) is 12.3 Å². The van der Waals surface area contributed by atoms with Crippen molar-refractivity contribution in [3.63, 3.8) is 0 Å². The van der Waals surface area contributed by atoms with Gasteiger partial charge in [0.25, 0.3) is 11.8 Å². The lowest BCUT2D eigenvalue weighted by Crippen LogP contribution is -2.53. The highest BCUT2D eigenvalue weighted by atomic mass is 16.5. The third-order valence-corrected chi connectivity index (χ3v) is 2.51. The minimum atomic E-state index is -0.307. The van der Waals surface area contributed by atoms with Crippen molar-refractivity contribution in [3.8, 4) is 0 Å². The Labute approximate surface area is 89.0 Å². The van der Waals surface area contributed by atoms with Crippen LogP contribution in [0.15, 0.2) is 0 Å². The monoisotopic (exact) mass is 215 g/mol. The number of aliphatic hydroxyl groups excluding tert-OH is 1. The van der Waals surface area contributed by atoms with E-state index in [-0.39, 0.29) is 43.6 Å². The van der Waals surface area contributed by atoms with Gasteiger partial charge in [0.2, 0.25) is 0 Å². The smallest absolute Gasteiger partial charge is 0.255 e. The number of hydrogen-bond acceptors (Lipinski definition) is 4. The van der Waals surface area contributed by atoms with Crippen molar-refractivity contribution < 1.29 is 19.4 Å². The first kappa shape index (κ1) is 12.1. The predicted molar refractivity (Wildman–Crippen MR) is 53.0 cm³/mol. The van der Waals surface area contributed by atoms with Crippen molar-refractivity contribution in [1.82, 2.24) is 4.90 Å². The van der Waals surface area contributed by atoms with E-state index < -0.39 is 0 Å². The van der Waals surface area contributed by atoms with Crippen molar-refractivity contribution in [1.29, 1.82) is 0 Å². The van der Waals surface area contributed by atoms with Gasteiger partial charge >= 0.3 is 0 Å². The Hall–Kier alpha value is -0.940. The molecular weight excluding hydrogens is 198 g/mol. The molecule has 0 aliphatic carbocycles. The molecule has 0 bridgehead atoms. The number of imide groups is 1. The second-order valence-corrected chi connectivity index (χ2v) is 3.97. The normalized spacial score (nSPS) is 19.9. The topological polar surface area (TPSA) is 66.8 Å². The fraction of sp³-hybridized carbons (Fsp3) is 0.800. The highest BCUT2D eigenvalue weighted by molar-refractivity contribution is 5.98. The summed E-state index contributed by atoms with van der Waals surface area (Å²) in [4.78, 5) is 24.3. The van der Waals surface area contributed by atoms with E-state index in [1.165, 1.54) is 4.90 Å². The lowest BCUT2D eigenvalue weighted by Gasteiger charge is -2.34. The Morgan fingerprint density at radius 2 is 1.87 bits per heavy atom. The van der Waals surface area contributed by atoms with Crippen LogP contribution in [-0.2, 0) is 14.3 Å². The molecule has 5 heteroatoms. The van der Waals surface area contributed by atoms with Crippen LogP contribution in [0.1, 0.15) is 20.3 Å². The van der Waals surface area contributed by atoms with Crippen LogP contribution >= 0.6 is 0 Å². The molecular formula is C10H17NO4. The van der Waals surface area contributed by atoms with Crippen LogP contribution in [0, 0.1) is 5.92 Å². The molecule has 15 heavy (non-hydrogen) atoms. The summed E-state index contributed by atoms with van der Waals surface area (Å²) in [5, 5.41) is 8.91. The maximum Gasteiger partial charge on any atom is 0.255 e. The first-order valence-corrected chi connectivity index (χ1v) is 5.11. The molecule has 1 N–H and O–H groups in total.